The molecule has 0 fully saturated rings. The normalized spacial score (nSPS) is 12.9. The number of aromatic carboxylic acids is 1. The van der Waals surface area contributed by atoms with Crippen LogP contribution in [0.3, 0.4) is 0 Å². The van der Waals surface area contributed by atoms with E-state index >= 15 is 0 Å². The fourth-order valence-electron chi connectivity index (χ4n) is 2.74. The first-order valence-corrected chi connectivity index (χ1v) is 6.97. The van der Waals surface area contributed by atoms with Gasteiger partial charge in [-0.1, -0.05) is 6.07 Å². The van der Waals surface area contributed by atoms with Gasteiger partial charge >= 0.3 is 5.97 Å². The van der Waals surface area contributed by atoms with Crippen LogP contribution in [0.1, 0.15) is 15.9 Å². The van der Waals surface area contributed by atoms with E-state index < -0.39 is 5.97 Å². The second kappa shape index (κ2) is 4.77. The molecule has 110 valence electrons. The standard InChI is InChI=1S/C16H13N3O3/c20-16(21)10-3-1-4-11(9-10)19-15-12(6-7-17-15)14(18-19)13-5-2-8-22-13/h1-5,8-9,17H,6-7H2,(H,20,21). The molecule has 3 aromatic rings. The van der Waals surface area contributed by atoms with Gasteiger partial charge in [0.05, 0.1) is 17.5 Å². The van der Waals surface area contributed by atoms with Crippen LogP contribution in [0.25, 0.3) is 17.1 Å². The summed E-state index contributed by atoms with van der Waals surface area (Å²) >= 11 is 0. The highest BCUT2D eigenvalue weighted by atomic mass is 16.4. The van der Waals surface area contributed by atoms with E-state index in [1.54, 1.807) is 29.1 Å². The van der Waals surface area contributed by atoms with Crippen molar-refractivity contribution in [3.63, 3.8) is 0 Å². The molecule has 22 heavy (non-hydrogen) atoms. The summed E-state index contributed by atoms with van der Waals surface area (Å²) in [4.78, 5) is 11.1. The van der Waals surface area contributed by atoms with E-state index in [4.69, 9.17) is 9.52 Å². The van der Waals surface area contributed by atoms with Crippen LogP contribution < -0.4 is 5.32 Å². The molecule has 0 amide bonds. The number of carboxylic acids is 1. The minimum atomic E-state index is -0.954. The molecule has 6 heteroatoms. The Morgan fingerprint density at radius 3 is 3.00 bits per heavy atom. The Balaban J connectivity index is 1.88. The summed E-state index contributed by atoms with van der Waals surface area (Å²) in [5.41, 5.74) is 2.84. The van der Waals surface area contributed by atoms with Crippen molar-refractivity contribution >= 4 is 11.8 Å². The molecule has 2 N–H and O–H groups in total. The second-order valence-electron chi connectivity index (χ2n) is 5.10. The highest BCUT2D eigenvalue weighted by molar-refractivity contribution is 5.88. The van der Waals surface area contributed by atoms with Crippen molar-refractivity contribution in [1.82, 2.24) is 9.78 Å². The van der Waals surface area contributed by atoms with Crippen molar-refractivity contribution in [3.05, 3.63) is 53.8 Å². The first kappa shape index (κ1) is 12.7. The number of nitrogens with one attached hydrogen (secondary N) is 1. The summed E-state index contributed by atoms with van der Waals surface area (Å²) in [6.07, 6.45) is 2.48. The summed E-state index contributed by atoms with van der Waals surface area (Å²) in [7, 11) is 0. The molecule has 6 nitrogen and oxygen atoms in total. The van der Waals surface area contributed by atoms with Gasteiger partial charge in [0.15, 0.2) is 5.76 Å². The van der Waals surface area contributed by atoms with Crippen molar-refractivity contribution in [3.8, 4) is 17.1 Å². The van der Waals surface area contributed by atoms with Crippen LogP contribution in [0.4, 0.5) is 5.82 Å². The van der Waals surface area contributed by atoms with Crippen molar-refractivity contribution in [2.45, 2.75) is 6.42 Å². The number of fused-ring (bicyclic) bond motifs is 1. The van der Waals surface area contributed by atoms with Crippen LogP contribution in [0, 0.1) is 0 Å². The van der Waals surface area contributed by atoms with Gasteiger partial charge in [0.25, 0.3) is 0 Å². The maximum atomic E-state index is 11.1. The fourth-order valence-corrected chi connectivity index (χ4v) is 2.74. The minimum absolute atomic E-state index is 0.235. The molecule has 4 rings (SSSR count). The van der Waals surface area contributed by atoms with Gasteiger partial charge in [0, 0.05) is 12.1 Å². The Labute approximate surface area is 126 Å². The van der Waals surface area contributed by atoms with Crippen LogP contribution in [-0.2, 0) is 6.42 Å². The Morgan fingerprint density at radius 2 is 2.23 bits per heavy atom. The largest absolute Gasteiger partial charge is 0.478 e. The predicted molar refractivity (Wildman–Crippen MR) is 80.4 cm³/mol. The number of hydrogen-bond acceptors (Lipinski definition) is 4. The van der Waals surface area contributed by atoms with Crippen LogP contribution in [0.2, 0.25) is 0 Å². The number of furan rings is 1. The van der Waals surface area contributed by atoms with E-state index in [1.807, 2.05) is 18.2 Å². The van der Waals surface area contributed by atoms with Crippen molar-refractivity contribution in [2.24, 2.45) is 0 Å². The van der Waals surface area contributed by atoms with Crippen LogP contribution in [0.15, 0.2) is 47.1 Å². The number of benzene rings is 1. The number of nitrogens with zero attached hydrogens (tertiary/aromatic N) is 2. The predicted octanol–water partition coefficient (Wildman–Crippen LogP) is 2.80. The lowest BCUT2D eigenvalue weighted by Crippen LogP contribution is -2.05. The number of hydrogen-bond donors (Lipinski definition) is 2. The molecule has 0 unspecified atom stereocenters. The summed E-state index contributed by atoms with van der Waals surface area (Å²) in [5, 5.41) is 17.1. The summed E-state index contributed by atoms with van der Waals surface area (Å²) in [6.45, 7) is 0.833. The summed E-state index contributed by atoms with van der Waals surface area (Å²) < 4.78 is 7.20. The molecular weight excluding hydrogens is 282 g/mol. The third-order valence-electron chi connectivity index (χ3n) is 3.74. The third kappa shape index (κ3) is 1.88. The molecule has 0 spiro atoms. The summed E-state index contributed by atoms with van der Waals surface area (Å²) in [5.74, 6) is 0.659. The maximum absolute atomic E-state index is 11.1. The molecule has 0 atom stereocenters. The van der Waals surface area contributed by atoms with E-state index in [0.29, 0.717) is 11.4 Å². The van der Waals surface area contributed by atoms with Gasteiger partial charge in [-0.3, -0.25) is 0 Å². The van der Waals surface area contributed by atoms with Gasteiger partial charge in [0.2, 0.25) is 0 Å². The molecule has 0 radical (unpaired) electrons. The molecule has 0 bridgehead atoms. The Morgan fingerprint density at radius 1 is 1.32 bits per heavy atom. The molecule has 1 aliphatic rings. The third-order valence-corrected chi connectivity index (χ3v) is 3.74. The van der Waals surface area contributed by atoms with Gasteiger partial charge in [-0.25, -0.2) is 9.48 Å². The van der Waals surface area contributed by atoms with Crippen LogP contribution in [-0.4, -0.2) is 27.4 Å². The Hall–Kier alpha value is -3.02. The van der Waals surface area contributed by atoms with E-state index in [0.717, 1.165) is 30.0 Å². The molecule has 1 aromatic carbocycles. The number of carbonyl (C=O) groups is 1. The average Bonchev–Trinajstić information content (AvgIpc) is 3.24. The number of aromatic nitrogens is 2. The van der Waals surface area contributed by atoms with E-state index in [1.165, 1.54) is 0 Å². The Kier molecular flexibility index (Phi) is 2.75. The molecule has 1 aliphatic heterocycles. The quantitative estimate of drug-likeness (QED) is 0.776. The lowest BCUT2D eigenvalue weighted by atomic mass is 10.1. The highest BCUT2D eigenvalue weighted by Crippen LogP contribution is 2.34. The van der Waals surface area contributed by atoms with E-state index in [2.05, 4.69) is 10.4 Å². The SMILES string of the molecule is O=C(O)c1cccc(-n2nc(-c3ccco3)c3c2NCC3)c1. The van der Waals surface area contributed by atoms with Gasteiger partial charge in [-0.15, -0.1) is 0 Å². The molecule has 3 heterocycles. The Bertz CT molecular complexity index is 850. The van der Waals surface area contributed by atoms with Crippen molar-refractivity contribution < 1.29 is 14.3 Å². The number of anilines is 1. The summed E-state index contributed by atoms with van der Waals surface area (Å²) in [6, 6.07) is 10.4. The first-order chi connectivity index (χ1) is 10.7. The zero-order chi connectivity index (χ0) is 15.1. The van der Waals surface area contributed by atoms with Gasteiger partial charge in [-0.05, 0) is 36.8 Å². The zero-order valence-electron chi connectivity index (χ0n) is 11.6. The second-order valence-corrected chi connectivity index (χ2v) is 5.10. The van der Waals surface area contributed by atoms with Crippen LogP contribution >= 0.6 is 0 Å². The number of rotatable bonds is 3. The maximum Gasteiger partial charge on any atom is 0.335 e. The fraction of sp³-hybridized carbons (Fsp3) is 0.125. The van der Waals surface area contributed by atoms with E-state index in [9.17, 15) is 4.79 Å². The van der Waals surface area contributed by atoms with Gasteiger partial charge < -0.3 is 14.8 Å². The zero-order valence-corrected chi connectivity index (χ0v) is 11.6. The van der Waals surface area contributed by atoms with Crippen molar-refractivity contribution in [2.75, 3.05) is 11.9 Å². The van der Waals surface area contributed by atoms with Gasteiger partial charge in [0.1, 0.15) is 11.5 Å². The minimum Gasteiger partial charge on any atom is -0.478 e. The molecule has 2 aromatic heterocycles. The monoisotopic (exact) mass is 295 g/mol. The first-order valence-electron chi connectivity index (χ1n) is 6.97. The van der Waals surface area contributed by atoms with Crippen molar-refractivity contribution in [1.29, 1.82) is 0 Å². The highest BCUT2D eigenvalue weighted by Gasteiger charge is 2.25. The average molecular weight is 295 g/mol. The topological polar surface area (TPSA) is 80.3 Å². The van der Waals surface area contributed by atoms with E-state index in [-0.39, 0.29) is 5.56 Å². The van der Waals surface area contributed by atoms with Gasteiger partial charge in [-0.2, -0.15) is 5.10 Å². The smallest absolute Gasteiger partial charge is 0.335 e. The lowest BCUT2D eigenvalue weighted by molar-refractivity contribution is 0.0697. The number of carboxylic acid groups (broad SMARTS) is 1. The van der Waals surface area contributed by atoms with Crippen LogP contribution in [0.5, 0.6) is 0 Å². The molecule has 0 saturated carbocycles. The molecular formula is C16H13N3O3. The molecule has 0 aliphatic carbocycles. The lowest BCUT2D eigenvalue weighted by Gasteiger charge is -2.07. The molecule has 0 saturated heterocycles.